The van der Waals surface area contributed by atoms with Gasteiger partial charge in [0.1, 0.15) is 5.57 Å². The minimum absolute atomic E-state index is 0.0360. The van der Waals surface area contributed by atoms with Crippen LogP contribution >= 0.6 is 23.8 Å². The topological polar surface area (TPSA) is 84.9 Å². The van der Waals surface area contributed by atoms with Gasteiger partial charge in [-0.05, 0) is 78.8 Å². The normalized spacial score (nSPS) is 13.5. The van der Waals surface area contributed by atoms with Crippen LogP contribution in [-0.2, 0) is 9.59 Å². The van der Waals surface area contributed by atoms with Crippen molar-refractivity contribution >= 4 is 58.2 Å². The van der Waals surface area contributed by atoms with Gasteiger partial charge in [-0.25, -0.2) is 4.98 Å². The number of carbonyl (C=O) groups excluding carboxylic acids is 2. The van der Waals surface area contributed by atoms with Crippen molar-refractivity contribution in [2.75, 3.05) is 16.4 Å². The van der Waals surface area contributed by atoms with Crippen LogP contribution in [0.5, 0.6) is 17.4 Å². The molecule has 5 rings (SSSR count). The molecule has 4 aromatic rings. The first-order valence-electron chi connectivity index (χ1n) is 12.0. The Bertz CT molecular complexity index is 1570. The van der Waals surface area contributed by atoms with E-state index in [9.17, 15) is 14.0 Å². The molecule has 1 aromatic heterocycles. The molecule has 1 fully saturated rings. The second kappa shape index (κ2) is 11.6. The number of rotatable bonds is 7. The lowest BCUT2D eigenvalue weighted by Crippen LogP contribution is -2.56. The second-order valence-electron chi connectivity index (χ2n) is 8.33. The van der Waals surface area contributed by atoms with Crippen LogP contribution in [0.4, 0.5) is 15.8 Å². The van der Waals surface area contributed by atoms with Crippen molar-refractivity contribution in [1.29, 1.82) is 0 Å². The van der Waals surface area contributed by atoms with Crippen molar-refractivity contribution in [3.63, 3.8) is 0 Å². The van der Waals surface area contributed by atoms with Gasteiger partial charge in [0.05, 0.1) is 24.2 Å². The number of amides is 2. The summed E-state index contributed by atoms with van der Waals surface area (Å²) in [5.41, 5.74) is 1.37. The molecule has 0 saturated carbocycles. The van der Waals surface area contributed by atoms with E-state index in [1.807, 2.05) is 12.1 Å². The molecular formula is C29H20ClFN4O4S. The highest BCUT2D eigenvalue weighted by atomic mass is 35.5. The van der Waals surface area contributed by atoms with Crippen LogP contribution in [0.1, 0.15) is 12.5 Å². The third-order valence-electron chi connectivity index (χ3n) is 5.75. The largest absolute Gasteiger partial charge is 0.490 e. The lowest BCUT2D eigenvalue weighted by molar-refractivity contribution is -0.120. The van der Waals surface area contributed by atoms with E-state index in [1.54, 1.807) is 67.6 Å². The highest BCUT2D eigenvalue weighted by molar-refractivity contribution is 7.81. The number of anilines is 2. The van der Waals surface area contributed by atoms with Crippen LogP contribution in [0.3, 0.4) is 0 Å². The molecule has 3 aromatic carbocycles. The molecule has 1 aliphatic rings. The van der Waals surface area contributed by atoms with Crippen molar-refractivity contribution in [3.05, 3.63) is 107 Å². The Balaban J connectivity index is 1.57. The number of ether oxygens (including phenoxy) is 2. The number of nitrogens with zero attached hydrogens (tertiary/aromatic N) is 4. The SMILES string of the molecule is CCOc1cc(C=C2C(=O)N(c3ccccc3)C(=S)N(c3ccccc3)C2=O)ccc1Oc1nc(Cl)ncc1F. The average Bonchev–Trinajstić information content (AvgIpc) is 2.95. The van der Waals surface area contributed by atoms with Gasteiger partial charge in [0, 0.05) is 0 Å². The summed E-state index contributed by atoms with van der Waals surface area (Å²) in [6.07, 6.45) is 2.35. The molecule has 0 spiro atoms. The zero-order valence-corrected chi connectivity index (χ0v) is 22.5. The molecule has 1 aliphatic heterocycles. The summed E-state index contributed by atoms with van der Waals surface area (Å²) in [4.78, 5) is 37.4. The number of aromatic nitrogens is 2. The third-order valence-corrected chi connectivity index (χ3v) is 6.29. The van der Waals surface area contributed by atoms with Crippen molar-refractivity contribution in [2.45, 2.75) is 6.92 Å². The average molecular weight is 575 g/mol. The highest BCUT2D eigenvalue weighted by Crippen LogP contribution is 2.35. The van der Waals surface area contributed by atoms with E-state index in [0.717, 1.165) is 6.20 Å². The highest BCUT2D eigenvalue weighted by Gasteiger charge is 2.41. The van der Waals surface area contributed by atoms with Crippen molar-refractivity contribution < 1.29 is 23.5 Å². The van der Waals surface area contributed by atoms with Gasteiger partial charge in [0.25, 0.3) is 17.7 Å². The van der Waals surface area contributed by atoms with Crippen LogP contribution in [0.15, 0.2) is 90.6 Å². The van der Waals surface area contributed by atoms with E-state index in [4.69, 9.17) is 33.3 Å². The summed E-state index contributed by atoms with van der Waals surface area (Å²) in [5, 5.41) is -0.150. The number of thiocarbonyl (C=S) groups is 1. The summed E-state index contributed by atoms with van der Waals surface area (Å²) >= 11 is 11.4. The fourth-order valence-corrected chi connectivity index (χ4v) is 4.48. The lowest BCUT2D eigenvalue weighted by Gasteiger charge is -2.36. The van der Waals surface area contributed by atoms with Crippen LogP contribution in [0, 0.1) is 5.82 Å². The Kier molecular flexibility index (Phi) is 7.81. The number of benzene rings is 3. The Morgan fingerprint density at radius 1 is 0.925 bits per heavy atom. The Morgan fingerprint density at radius 3 is 2.10 bits per heavy atom. The lowest BCUT2D eigenvalue weighted by atomic mass is 10.0. The van der Waals surface area contributed by atoms with Gasteiger partial charge in [-0.1, -0.05) is 42.5 Å². The molecule has 2 heterocycles. The number of carbonyl (C=O) groups is 2. The van der Waals surface area contributed by atoms with Crippen LogP contribution < -0.4 is 19.3 Å². The maximum Gasteiger partial charge on any atom is 0.270 e. The second-order valence-corrected chi connectivity index (χ2v) is 9.03. The first-order chi connectivity index (χ1) is 19.4. The smallest absolute Gasteiger partial charge is 0.270 e. The summed E-state index contributed by atoms with van der Waals surface area (Å²) in [6, 6.07) is 22.4. The van der Waals surface area contributed by atoms with E-state index in [0.29, 0.717) is 16.9 Å². The van der Waals surface area contributed by atoms with Crippen molar-refractivity contribution in [3.8, 4) is 17.4 Å². The molecule has 40 heavy (non-hydrogen) atoms. The van der Waals surface area contributed by atoms with Crippen LogP contribution in [0.2, 0.25) is 5.28 Å². The fraction of sp³-hybridized carbons (Fsp3) is 0.0690. The minimum atomic E-state index is -0.811. The fourth-order valence-electron chi connectivity index (χ4n) is 3.98. The van der Waals surface area contributed by atoms with Gasteiger partial charge < -0.3 is 9.47 Å². The first-order valence-corrected chi connectivity index (χ1v) is 12.8. The Hall–Kier alpha value is -4.67. The molecule has 0 N–H and O–H groups in total. The van der Waals surface area contributed by atoms with Gasteiger partial charge in [-0.2, -0.15) is 9.37 Å². The quantitative estimate of drug-likeness (QED) is 0.112. The van der Waals surface area contributed by atoms with Crippen molar-refractivity contribution in [2.24, 2.45) is 0 Å². The van der Waals surface area contributed by atoms with Gasteiger partial charge in [-0.3, -0.25) is 19.4 Å². The predicted octanol–water partition coefficient (Wildman–Crippen LogP) is 6.21. The number of halogens is 2. The van der Waals surface area contributed by atoms with E-state index in [2.05, 4.69) is 9.97 Å². The molecule has 0 atom stereocenters. The van der Waals surface area contributed by atoms with Gasteiger partial charge in [-0.15, -0.1) is 0 Å². The minimum Gasteiger partial charge on any atom is -0.490 e. The van der Waals surface area contributed by atoms with Crippen LogP contribution in [0.25, 0.3) is 6.08 Å². The Morgan fingerprint density at radius 2 is 1.52 bits per heavy atom. The van der Waals surface area contributed by atoms with Crippen LogP contribution in [-0.4, -0.2) is 33.5 Å². The van der Waals surface area contributed by atoms with E-state index in [-0.39, 0.29) is 40.0 Å². The van der Waals surface area contributed by atoms with Crippen molar-refractivity contribution in [1.82, 2.24) is 9.97 Å². The molecule has 0 radical (unpaired) electrons. The maximum atomic E-state index is 14.2. The molecule has 0 unspecified atom stereocenters. The molecular weight excluding hydrogens is 555 g/mol. The Labute approximate surface area is 239 Å². The molecule has 1 saturated heterocycles. The molecule has 11 heteroatoms. The zero-order valence-electron chi connectivity index (χ0n) is 21.0. The predicted molar refractivity (Wildman–Crippen MR) is 153 cm³/mol. The standard InChI is InChI=1S/C29H20ClFN4O4S/c1-2-38-24-16-18(13-14-23(24)39-25-22(31)17-32-28(30)33-25)15-21-26(36)34(19-9-5-3-6-10-19)29(40)35(27(21)37)20-11-7-4-8-12-20/h3-17H,2H2,1H3. The molecule has 0 bridgehead atoms. The number of hydrogen-bond acceptors (Lipinski definition) is 7. The van der Waals surface area contributed by atoms with Gasteiger partial charge in [0.15, 0.2) is 16.6 Å². The summed E-state index contributed by atoms with van der Waals surface area (Å²) < 4.78 is 25.5. The maximum absolute atomic E-state index is 14.2. The third kappa shape index (κ3) is 5.40. The van der Waals surface area contributed by atoms with E-state index >= 15 is 0 Å². The zero-order chi connectivity index (χ0) is 28.2. The van der Waals surface area contributed by atoms with Gasteiger partial charge >= 0.3 is 0 Å². The summed E-state index contributed by atoms with van der Waals surface area (Å²) in [5.74, 6) is -1.97. The molecule has 200 valence electrons. The van der Waals surface area contributed by atoms with E-state index < -0.39 is 17.6 Å². The summed E-state index contributed by atoms with van der Waals surface area (Å²) in [6.45, 7) is 2.03. The molecule has 0 aliphatic carbocycles. The number of hydrogen-bond donors (Lipinski definition) is 0. The monoisotopic (exact) mass is 574 g/mol. The van der Waals surface area contributed by atoms with E-state index in [1.165, 1.54) is 21.9 Å². The van der Waals surface area contributed by atoms with Gasteiger partial charge in [0.2, 0.25) is 11.1 Å². The molecule has 8 nitrogen and oxygen atoms in total. The first kappa shape index (κ1) is 26.9. The molecule has 2 amide bonds. The number of para-hydroxylation sites is 2. The summed E-state index contributed by atoms with van der Waals surface area (Å²) in [7, 11) is 0.